The van der Waals surface area contributed by atoms with Gasteiger partial charge in [0.15, 0.2) is 0 Å². The van der Waals surface area contributed by atoms with Crippen molar-refractivity contribution in [3.8, 4) is 11.5 Å². The lowest BCUT2D eigenvalue weighted by molar-refractivity contribution is 0.0960. The van der Waals surface area contributed by atoms with E-state index in [1.807, 2.05) is 0 Å². The minimum atomic E-state index is -3.85. The van der Waals surface area contributed by atoms with Gasteiger partial charge in [0, 0.05) is 12.7 Å². The van der Waals surface area contributed by atoms with Crippen molar-refractivity contribution in [2.24, 2.45) is 0 Å². The first-order chi connectivity index (χ1) is 11.4. The van der Waals surface area contributed by atoms with Crippen LogP contribution in [0.25, 0.3) is 0 Å². The van der Waals surface area contributed by atoms with Crippen molar-refractivity contribution in [1.29, 1.82) is 0 Å². The Bertz CT molecular complexity index is 832. The van der Waals surface area contributed by atoms with E-state index in [2.05, 4.69) is 10.0 Å². The summed E-state index contributed by atoms with van der Waals surface area (Å²) >= 11 is 0. The van der Waals surface area contributed by atoms with Gasteiger partial charge in [0.25, 0.3) is 15.9 Å². The molecule has 2 N–H and O–H groups in total. The molecule has 24 heavy (non-hydrogen) atoms. The van der Waals surface area contributed by atoms with Crippen molar-refractivity contribution in [1.82, 2.24) is 5.32 Å². The highest BCUT2D eigenvalue weighted by molar-refractivity contribution is 7.92. The third kappa shape index (κ3) is 3.77. The first-order valence-corrected chi connectivity index (χ1v) is 8.46. The molecule has 2 aromatic rings. The average molecular weight is 350 g/mol. The molecule has 0 saturated carbocycles. The number of hydrogen-bond donors (Lipinski definition) is 2. The fourth-order valence-electron chi connectivity index (χ4n) is 2.04. The summed E-state index contributed by atoms with van der Waals surface area (Å²) in [6.07, 6.45) is 0. The summed E-state index contributed by atoms with van der Waals surface area (Å²) in [5.74, 6) is 0.468. The van der Waals surface area contributed by atoms with E-state index in [1.54, 1.807) is 24.3 Å². The van der Waals surface area contributed by atoms with Crippen molar-refractivity contribution < 1.29 is 22.7 Å². The fourth-order valence-corrected chi connectivity index (χ4v) is 3.12. The van der Waals surface area contributed by atoms with E-state index in [0.29, 0.717) is 11.4 Å². The summed E-state index contributed by atoms with van der Waals surface area (Å²) in [5.41, 5.74) is 0.519. The Kier molecular flexibility index (Phi) is 5.30. The fraction of sp³-hybridized carbons (Fsp3) is 0.188. The van der Waals surface area contributed by atoms with Gasteiger partial charge in [-0.25, -0.2) is 8.42 Å². The number of benzene rings is 2. The molecule has 0 aliphatic heterocycles. The third-order valence-electron chi connectivity index (χ3n) is 3.30. The van der Waals surface area contributed by atoms with E-state index in [9.17, 15) is 13.2 Å². The van der Waals surface area contributed by atoms with E-state index >= 15 is 0 Å². The quantitative estimate of drug-likeness (QED) is 0.829. The zero-order chi connectivity index (χ0) is 17.7. The van der Waals surface area contributed by atoms with Crippen molar-refractivity contribution in [2.45, 2.75) is 4.90 Å². The Morgan fingerprint density at radius 3 is 2.21 bits per heavy atom. The topological polar surface area (TPSA) is 93.7 Å². The van der Waals surface area contributed by atoms with Gasteiger partial charge in [-0.05, 0) is 42.5 Å². The predicted octanol–water partition coefficient (Wildman–Crippen LogP) is 1.86. The minimum Gasteiger partial charge on any atom is -0.497 e. The molecule has 0 spiro atoms. The number of carbonyl (C=O) groups is 1. The maximum atomic E-state index is 12.5. The lowest BCUT2D eigenvalue weighted by atomic mass is 10.2. The number of amides is 1. The molecule has 8 heteroatoms. The predicted molar refractivity (Wildman–Crippen MR) is 90.2 cm³/mol. The number of rotatable bonds is 6. The smallest absolute Gasteiger partial charge is 0.261 e. The number of ether oxygens (including phenoxy) is 2. The number of hydrogen-bond acceptors (Lipinski definition) is 5. The highest BCUT2D eigenvalue weighted by atomic mass is 32.2. The molecule has 2 rings (SSSR count). The van der Waals surface area contributed by atoms with Crippen molar-refractivity contribution in [2.75, 3.05) is 26.0 Å². The Hall–Kier alpha value is -2.74. The van der Waals surface area contributed by atoms with Crippen molar-refractivity contribution in [3.05, 3.63) is 48.0 Å². The standard InChI is InChI=1S/C16H18N2O5S/c1-17-16(19)14-10-13(8-9-15(14)23-3)24(20,21)18-11-4-6-12(22-2)7-5-11/h4-10,18H,1-3H3,(H,17,19). The second kappa shape index (κ2) is 7.22. The van der Waals surface area contributed by atoms with Crippen LogP contribution in [0.15, 0.2) is 47.4 Å². The van der Waals surface area contributed by atoms with Gasteiger partial charge in [0.2, 0.25) is 0 Å². The van der Waals surface area contributed by atoms with Crippen LogP contribution in [0.4, 0.5) is 5.69 Å². The van der Waals surface area contributed by atoms with Gasteiger partial charge in [0.05, 0.1) is 24.7 Å². The molecule has 0 saturated heterocycles. The van der Waals surface area contributed by atoms with E-state index < -0.39 is 15.9 Å². The molecule has 0 radical (unpaired) electrons. The van der Waals surface area contributed by atoms with E-state index in [4.69, 9.17) is 9.47 Å². The molecule has 0 fully saturated rings. The molecular formula is C16H18N2O5S. The van der Waals surface area contributed by atoms with Crippen LogP contribution in [0.1, 0.15) is 10.4 Å². The van der Waals surface area contributed by atoms with Crippen LogP contribution in [-0.4, -0.2) is 35.6 Å². The molecule has 0 unspecified atom stereocenters. The summed E-state index contributed by atoms with van der Waals surface area (Å²) < 4.78 is 37.6. The van der Waals surface area contributed by atoms with Gasteiger partial charge in [-0.3, -0.25) is 9.52 Å². The lowest BCUT2D eigenvalue weighted by Crippen LogP contribution is -2.20. The molecule has 2 aromatic carbocycles. The first-order valence-electron chi connectivity index (χ1n) is 6.98. The van der Waals surface area contributed by atoms with Crippen LogP contribution < -0.4 is 19.5 Å². The second-order valence-corrected chi connectivity index (χ2v) is 6.46. The average Bonchev–Trinajstić information content (AvgIpc) is 2.60. The minimum absolute atomic E-state index is 0.0438. The summed E-state index contributed by atoms with van der Waals surface area (Å²) in [7, 11) is 0.541. The lowest BCUT2D eigenvalue weighted by Gasteiger charge is -2.12. The molecule has 0 aliphatic rings. The van der Waals surface area contributed by atoms with Crippen LogP contribution in [0.5, 0.6) is 11.5 Å². The summed E-state index contributed by atoms with van der Waals surface area (Å²) in [4.78, 5) is 11.8. The highest BCUT2D eigenvalue weighted by Gasteiger charge is 2.19. The van der Waals surface area contributed by atoms with Crippen molar-refractivity contribution in [3.63, 3.8) is 0 Å². The molecular weight excluding hydrogens is 332 g/mol. The molecule has 0 heterocycles. The largest absolute Gasteiger partial charge is 0.497 e. The zero-order valence-corrected chi connectivity index (χ0v) is 14.3. The number of methoxy groups -OCH3 is 2. The molecule has 0 atom stereocenters. The number of sulfonamides is 1. The van der Waals surface area contributed by atoms with Crippen LogP contribution >= 0.6 is 0 Å². The van der Waals surface area contributed by atoms with Crippen LogP contribution in [-0.2, 0) is 10.0 Å². The molecule has 0 aliphatic carbocycles. The summed E-state index contributed by atoms with van der Waals surface area (Å²) in [6, 6.07) is 10.5. The third-order valence-corrected chi connectivity index (χ3v) is 4.67. The van der Waals surface area contributed by atoms with E-state index in [1.165, 1.54) is 39.5 Å². The van der Waals surface area contributed by atoms with Gasteiger partial charge in [-0.2, -0.15) is 0 Å². The number of anilines is 1. The number of nitrogens with one attached hydrogen (secondary N) is 2. The maximum absolute atomic E-state index is 12.5. The zero-order valence-electron chi connectivity index (χ0n) is 13.5. The SMILES string of the molecule is CNC(=O)c1cc(S(=O)(=O)Nc2ccc(OC)cc2)ccc1OC. The molecule has 0 aromatic heterocycles. The monoisotopic (exact) mass is 350 g/mol. The maximum Gasteiger partial charge on any atom is 0.261 e. The first kappa shape index (κ1) is 17.6. The molecule has 0 bridgehead atoms. The Labute approximate surface area is 140 Å². The Balaban J connectivity index is 2.36. The van der Waals surface area contributed by atoms with Crippen LogP contribution in [0, 0.1) is 0 Å². The van der Waals surface area contributed by atoms with Crippen LogP contribution in [0.3, 0.4) is 0 Å². The normalized spacial score (nSPS) is 10.8. The van der Waals surface area contributed by atoms with E-state index in [0.717, 1.165) is 0 Å². The highest BCUT2D eigenvalue weighted by Crippen LogP contribution is 2.24. The van der Waals surface area contributed by atoms with Gasteiger partial charge < -0.3 is 14.8 Å². The van der Waals surface area contributed by atoms with Crippen molar-refractivity contribution >= 4 is 21.6 Å². The Morgan fingerprint density at radius 2 is 1.67 bits per heavy atom. The number of carbonyl (C=O) groups excluding carboxylic acids is 1. The summed E-state index contributed by atoms with van der Waals surface area (Å²) in [6.45, 7) is 0. The summed E-state index contributed by atoms with van der Waals surface area (Å²) in [5, 5.41) is 2.45. The Morgan fingerprint density at radius 1 is 1.00 bits per heavy atom. The van der Waals surface area contributed by atoms with Crippen LogP contribution in [0.2, 0.25) is 0 Å². The van der Waals surface area contributed by atoms with E-state index in [-0.39, 0.29) is 16.2 Å². The second-order valence-electron chi connectivity index (χ2n) is 4.78. The van der Waals surface area contributed by atoms with Gasteiger partial charge in [0.1, 0.15) is 11.5 Å². The van der Waals surface area contributed by atoms with Gasteiger partial charge >= 0.3 is 0 Å². The molecule has 1 amide bonds. The van der Waals surface area contributed by atoms with Gasteiger partial charge in [-0.15, -0.1) is 0 Å². The van der Waals surface area contributed by atoms with Gasteiger partial charge in [-0.1, -0.05) is 0 Å². The molecule has 7 nitrogen and oxygen atoms in total. The molecule has 128 valence electrons.